The highest BCUT2D eigenvalue weighted by atomic mass is 35.5. The normalized spacial score (nSPS) is 24.4. The summed E-state index contributed by atoms with van der Waals surface area (Å²) in [6.07, 6.45) is 3.92. The smallest absolute Gasteiger partial charge is 0.240 e. The molecule has 1 aliphatic heterocycles. The van der Waals surface area contributed by atoms with Crippen LogP contribution in [0, 0.1) is 0 Å². The van der Waals surface area contributed by atoms with E-state index in [9.17, 15) is 4.79 Å². The summed E-state index contributed by atoms with van der Waals surface area (Å²) < 4.78 is 0.762. The summed E-state index contributed by atoms with van der Waals surface area (Å²) in [5.41, 5.74) is -0.357. The van der Waals surface area contributed by atoms with Gasteiger partial charge in [-0.25, -0.2) is 0 Å². The molecule has 3 nitrogen and oxygen atoms in total. The van der Waals surface area contributed by atoms with Crippen LogP contribution in [0.5, 0.6) is 0 Å². The summed E-state index contributed by atoms with van der Waals surface area (Å²) in [5, 5.41) is 6.53. The van der Waals surface area contributed by atoms with Crippen LogP contribution in [0.4, 0.5) is 0 Å². The summed E-state index contributed by atoms with van der Waals surface area (Å²) in [6.45, 7) is 5.07. The van der Waals surface area contributed by atoms with Gasteiger partial charge in [0.2, 0.25) is 5.91 Å². The molecule has 0 radical (unpaired) electrons. The van der Waals surface area contributed by atoms with Gasteiger partial charge >= 0.3 is 0 Å². The highest BCUT2D eigenvalue weighted by Crippen LogP contribution is 2.29. The van der Waals surface area contributed by atoms with E-state index in [0.717, 1.165) is 41.4 Å². The summed E-state index contributed by atoms with van der Waals surface area (Å²) >= 11 is 7.46. The highest BCUT2D eigenvalue weighted by molar-refractivity contribution is 7.16. The first-order chi connectivity index (χ1) is 9.07. The molecule has 1 aromatic heterocycles. The lowest BCUT2D eigenvalue weighted by atomic mass is 9.90. The lowest BCUT2D eigenvalue weighted by molar-refractivity contribution is -0.128. The molecule has 0 saturated carbocycles. The fraction of sp³-hybridized carbons (Fsp3) is 0.643. The molecular weight excluding hydrogens is 280 g/mol. The third-order valence-corrected chi connectivity index (χ3v) is 5.14. The van der Waals surface area contributed by atoms with Gasteiger partial charge in [-0.2, -0.15) is 0 Å². The van der Waals surface area contributed by atoms with E-state index >= 15 is 0 Å². The number of nitrogens with one attached hydrogen (secondary N) is 2. The Kier molecular flexibility index (Phi) is 4.87. The fourth-order valence-electron chi connectivity index (χ4n) is 2.72. The fourth-order valence-corrected chi connectivity index (χ4v) is 3.78. The Morgan fingerprint density at radius 1 is 1.63 bits per heavy atom. The van der Waals surface area contributed by atoms with E-state index in [-0.39, 0.29) is 17.5 Å². The number of rotatable bonds is 5. The molecule has 1 saturated heterocycles. The number of thiophene rings is 1. The molecule has 5 heteroatoms. The van der Waals surface area contributed by atoms with E-state index in [2.05, 4.69) is 17.6 Å². The van der Waals surface area contributed by atoms with Crippen LogP contribution in [0.2, 0.25) is 4.34 Å². The molecule has 2 rings (SSSR count). The van der Waals surface area contributed by atoms with Gasteiger partial charge in [-0.05, 0) is 44.9 Å². The number of carbonyl (C=O) groups excluding carboxylic acids is 1. The first-order valence-corrected chi connectivity index (χ1v) is 8.08. The van der Waals surface area contributed by atoms with Crippen molar-refractivity contribution in [2.75, 3.05) is 6.54 Å². The second-order valence-electron chi connectivity index (χ2n) is 5.20. The molecule has 2 N–H and O–H groups in total. The van der Waals surface area contributed by atoms with Gasteiger partial charge in [0.25, 0.3) is 0 Å². The zero-order valence-corrected chi connectivity index (χ0v) is 13.0. The average molecular weight is 301 g/mol. The molecule has 1 fully saturated rings. The molecule has 19 heavy (non-hydrogen) atoms. The second-order valence-corrected chi connectivity index (χ2v) is 6.95. The number of hydrogen-bond donors (Lipinski definition) is 2. The van der Waals surface area contributed by atoms with Crippen LogP contribution < -0.4 is 10.6 Å². The van der Waals surface area contributed by atoms with Crippen molar-refractivity contribution < 1.29 is 4.79 Å². The molecule has 2 atom stereocenters. The SMILES string of the molecule is CCCC1(C(=O)NC(C)c2ccc(Cl)s2)CCCN1. The van der Waals surface area contributed by atoms with Gasteiger partial charge in [-0.1, -0.05) is 24.9 Å². The van der Waals surface area contributed by atoms with Gasteiger partial charge in [0.1, 0.15) is 0 Å². The van der Waals surface area contributed by atoms with Crippen molar-refractivity contribution in [3.8, 4) is 0 Å². The molecule has 0 bridgehead atoms. The monoisotopic (exact) mass is 300 g/mol. The molecular formula is C14H21ClN2OS. The van der Waals surface area contributed by atoms with E-state index in [1.54, 1.807) is 0 Å². The quantitative estimate of drug-likeness (QED) is 0.874. The first-order valence-electron chi connectivity index (χ1n) is 6.88. The summed E-state index contributed by atoms with van der Waals surface area (Å²) in [6, 6.07) is 3.87. The summed E-state index contributed by atoms with van der Waals surface area (Å²) in [4.78, 5) is 13.6. The van der Waals surface area contributed by atoms with Crippen molar-refractivity contribution in [3.63, 3.8) is 0 Å². The number of carbonyl (C=O) groups is 1. The Morgan fingerprint density at radius 3 is 2.95 bits per heavy atom. The Hall–Kier alpha value is -0.580. The summed E-state index contributed by atoms with van der Waals surface area (Å²) in [7, 11) is 0. The van der Waals surface area contributed by atoms with Crippen molar-refractivity contribution in [3.05, 3.63) is 21.3 Å². The molecule has 2 heterocycles. The van der Waals surface area contributed by atoms with Crippen molar-refractivity contribution in [1.82, 2.24) is 10.6 Å². The van der Waals surface area contributed by atoms with Crippen LogP contribution in [0.1, 0.15) is 50.4 Å². The standard InChI is InChI=1S/C14H21ClN2OS/c1-3-7-14(8-4-9-16-14)13(18)17-10(2)11-5-6-12(15)19-11/h5-6,10,16H,3-4,7-9H2,1-2H3,(H,17,18). The largest absolute Gasteiger partial charge is 0.347 e. The molecule has 1 aromatic rings. The predicted molar refractivity (Wildman–Crippen MR) is 80.8 cm³/mol. The van der Waals surface area contributed by atoms with Crippen LogP contribution in [0.15, 0.2) is 12.1 Å². The lowest BCUT2D eigenvalue weighted by Gasteiger charge is -2.29. The third kappa shape index (κ3) is 3.30. The topological polar surface area (TPSA) is 41.1 Å². The van der Waals surface area contributed by atoms with Crippen molar-refractivity contribution in [2.24, 2.45) is 0 Å². The first kappa shape index (κ1) is 14.8. The van der Waals surface area contributed by atoms with Crippen LogP contribution in [0.3, 0.4) is 0 Å². The number of hydrogen-bond acceptors (Lipinski definition) is 3. The van der Waals surface area contributed by atoms with Crippen molar-refractivity contribution in [2.45, 2.75) is 51.1 Å². The van der Waals surface area contributed by atoms with Gasteiger partial charge in [0, 0.05) is 4.88 Å². The van der Waals surface area contributed by atoms with Gasteiger partial charge in [-0.3, -0.25) is 4.79 Å². The van der Waals surface area contributed by atoms with Crippen LogP contribution in [-0.4, -0.2) is 18.0 Å². The van der Waals surface area contributed by atoms with Crippen LogP contribution in [-0.2, 0) is 4.79 Å². The van der Waals surface area contributed by atoms with Crippen molar-refractivity contribution >= 4 is 28.8 Å². The van der Waals surface area contributed by atoms with Crippen LogP contribution >= 0.6 is 22.9 Å². The zero-order valence-electron chi connectivity index (χ0n) is 11.5. The maximum atomic E-state index is 12.5. The third-order valence-electron chi connectivity index (χ3n) is 3.72. The number of halogens is 1. The molecule has 2 unspecified atom stereocenters. The zero-order chi connectivity index (χ0) is 13.9. The average Bonchev–Trinajstić information content (AvgIpc) is 2.99. The predicted octanol–water partition coefficient (Wildman–Crippen LogP) is 3.50. The molecule has 1 amide bonds. The lowest BCUT2D eigenvalue weighted by Crippen LogP contribution is -2.53. The Bertz CT molecular complexity index is 440. The molecule has 1 aliphatic rings. The minimum absolute atomic E-state index is 0.0149. The maximum absolute atomic E-state index is 12.5. The second kappa shape index (κ2) is 6.25. The molecule has 0 spiro atoms. The van der Waals surface area contributed by atoms with E-state index in [4.69, 9.17) is 11.6 Å². The van der Waals surface area contributed by atoms with E-state index in [0.29, 0.717) is 0 Å². The Labute approximate surface area is 123 Å². The van der Waals surface area contributed by atoms with E-state index in [1.165, 1.54) is 11.3 Å². The maximum Gasteiger partial charge on any atom is 0.240 e. The number of amides is 1. The van der Waals surface area contributed by atoms with Gasteiger partial charge in [0.15, 0.2) is 0 Å². The van der Waals surface area contributed by atoms with Gasteiger partial charge < -0.3 is 10.6 Å². The van der Waals surface area contributed by atoms with Crippen molar-refractivity contribution in [1.29, 1.82) is 0 Å². The van der Waals surface area contributed by atoms with Crippen LogP contribution in [0.25, 0.3) is 0 Å². The minimum Gasteiger partial charge on any atom is -0.347 e. The summed E-state index contributed by atoms with van der Waals surface area (Å²) in [5.74, 6) is 0.129. The Morgan fingerprint density at radius 2 is 2.42 bits per heavy atom. The van der Waals surface area contributed by atoms with Gasteiger partial charge in [-0.15, -0.1) is 11.3 Å². The molecule has 106 valence electrons. The highest BCUT2D eigenvalue weighted by Gasteiger charge is 2.40. The molecule has 0 aliphatic carbocycles. The van der Waals surface area contributed by atoms with Gasteiger partial charge in [0.05, 0.1) is 15.9 Å². The van der Waals surface area contributed by atoms with E-state index < -0.39 is 0 Å². The Balaban J connectivity index is 2.03. The minimum atomic E-state index is -0.357. The molecule has 0 aromatic carbocycles. The van der Waals surface area contributed by atoms with E-state index in [1.807, 2.05) is 19.1 Å².